The van der Waals surface area contributed by atoms with E-state index in [9.17, 15) is 9.18 Å². The van der Waals surface area contributed by atoms with Gasteiger partial charge in [0.25, 0.3) is 0 Å². The van der Waals surface area contributed by atoms with E-state index in [2.05, 4.69) is 11.1 Å². The summed E-state index contributed by atoms with van der Waals surface area (Å²) in [5.74, 6) is -0.0201. The van der Waals surface area contributed by atoms with Gasteiger partial charge in [-0.05, 0) is 49.5 Å². The average Bonchev–Trinajstić information content (AvgIpc) is 3.29. The molecule has 0 radical (unpaired) electrons. The van der Waals surface area contributed by atoms with E-state index in [1.165, 1.54) is 17.7 Å². The monoisotopic (exact) mass is 342 g/mol. The first-order valence-electron chi connectivity index (χ1n) is 9.06. The molecule has 1 aromatic heterocycles. The molecule has 1 atom stereocenters. The molecule has 1 aromatic carbocycles. The normalized spacial score (nSPS) is 20.9. The molecule has 3 heterocycles. The topological polar surface area (TPSA) is 45.3 Å². The Morgan fingerprint density at radius 1 is 1.40 bits per heavy atom. The van der Waals surface area contributed by atoms with Gasteiger partial charge in [-0.1, -0.05) is 6.08 Å². The van der Waals surface area contributed by atoms with Gasteiger partial charge in [0, 0.05) is 48.8 Å². The highest BCUT2D eigenvalue weighted by Gasteiger charge is 2.22. The number of aromatic amines is 1. The van der Waals surface area contributed by atoms with E-state index in [1.54, 1.807) is 0 Å². The van der Waals surface area contributed by atoms with Crippen molar-refractivity contribution in [3.05, 3.63) is 41.9 Å². The molecule has 0 aliphatic carbocycles. The molecule has 132 valence electrons. The number of hydrogen-bond donors (Lipinski definition) is 1. The predicted molar refractivity (Wildman–Crippen MR) is 95.6 cm³/mol. The summed E-state index contributed by atoms with van der Waals surface area (Å²) in [6.07, 6.45) is 8.76. The van der Waals surface area contributed by atoms with E-state index in [-0.39, 0.29) is 17.8 Å². The molecule has 25 heavy (non-hydrogen) atoms. The maximum absolute atomic E-state index is 13.3. The minimum absolute atomic E-state index is 0.215. The van der Waals surface area contributed by atoms with Gasteiger partial charge in [-0.2, -0.15) is 0 Å². The van der Waals surface area contributed by atoms with Crippen molar-refractivity contribution >= 4 is 22.4 Å². The molecule has 4 nitrogen and oxygen atoms in total. The number of carbonyl (C=O) groups excluding carboxylic acids is 1. The van der Waals surface area contributed by atoms with Crippen LogP contribution in [0.1, 0.15) is 37.7 Å². The molecule has 1 amide bonds. The molecule has 1 unspecified atom stereocenters. The predicted octanol–water partition coefficient (Wildman–Crippen LogP) is 3.88. The second-order valence-corrected chi connectivity index (χ2v) is 6.89. The van der Waals surface area contributed by atoms with E-state index in [0.29, 0.717) is 13.0 Å². The van der Waals surface area contributed by atoms with Crippen LogP contribution < -0.4 is 0 Å². The highest BCUT2D eigenvalue weighted by atomic mass is 19.1. The van der Waals surface area contributed by atoms with Gasteiger partial charge in [0.05, 0.1) is 6.10 Å². The van der Waals surface area contributed by atoms with Crippen LogP contribution in [0.15, 0.2) is 30.5 Å². The third-order valence-electron chi connectivity index (χ3n) is 5.26. The average molecular weight is 342 g/mol. The maximum atomic E-state index is 13.3. The van der Waals surface area contributed by atoms with Crippen LogP contribution in [0.25, 0.3) is 16.5 Å². The number of halogens is 1. The van der Waals surface area contributed by atoms with Crippen molar-refractivity contribution in [3.8, 4) is 0 Å². The zero-order valence-electron chi connectivity index (χ0n) is 14.3. The largest absolute Gasteiger partial charge is 0.378 e. The summed E-state index contributed by atoms with van der Waals surface area (Å²) in [4.78, 5) is 17.5. The van der Waals surface area contributed by atoms with Crippen molar-refractivity contribution < 1.29 is 13.9 Å². The smallest absolute Gasteiger partial charge is 0.222 e. The number of hydrogen-bond acceptors (Lipinski definition) is 2. The molecule has 0 spiro atoms. The minimum atomic E-state index is -0.235. The van der Waals surface area contributed by atoms with Gasteiger partial charge in [0.2, 0.25) is 5.91 Å². The van der Waals surface area contributed by atoms with Crippen molar-refractivity contribution in [1.82, 2.24) is 9.88 Å². The minimum Gasteiger partial charge on any atom is -0.378 e. The Morgan fingerprint density at radius 2 is 2.32 bits per heavy atom. The number of benzene rings is 1. The Morgan fingerprint density at radius 3 is 3.08 bits per heavy atom. The molecule has 0 bridgehead atoms. The van der Waals surface area contributed by atoms with Gasteiger partial charge in [-0.15, -0.1) is 0 Å². The Balaban J connectivity index is 1.40. The lowest BCUT2D eigenvalue weighted by Crippen LogP contribution is -2.35. The van der Waals surface area contributed by atoms with Crippen LogP contribution in [0.5, 0.6) is 0 Å². The number of rotatable bonds is 4. The fraction of sp³-hybridized carbons (Fsp3) is 0.450. The quantitative estimate of drug-likeness (QED) is 0.916. The van der Waals surface area contributed by atoms with Crippen LogP contribution in [0.2, 0.25) is 0 Å². The second-order valence-electron chi connectivity index (χ2n) is 6.89. The highest BCUT2D eigenvalue weighted by Crippen LogP contribution is 2.30. The highest BCUT2D eigenvalue weighted by molar-refractivity contribution is 5.93. The molecule has 2 aliphatic rings. The van der Waals surface area contributed by atoms with Gasteiger partial charge in [0.15, 0.2) is 0 Å². The zero-order valence-corrected chi connectivity index (χ0v) is 14.3. The van der Waals surface area contributed by atoms with Gasteiger partial charge in [-0.3, -0.25) is 4.79 Å². The number of nitrogens with zero attached hydrogens (tertiary/aromatic N) is 1. The molecule has 1 fully saturated rings. The molecule has 1 N–H and O–H groups in total. The lowest BCUT2D eigenvalue weighted by molar-refractivity contribution is -0.131. The number of carbonyl (C=O) groups is 1. The van der Waals surface area contributed by atoms with Gasteiger partial charge in [-0.25, -0.2) is 4.39 Å². The summed E-state index contributed by atoms with van der Waals surface area (Å²) < 4.78 is 18.9. The van der Waals surface area contributed by atoms with Crippen molar-refractivity contribution in [2.45, 2.75) is 38.2 Å². The van der Waals surface area contributed by atoms with E-state index < -0.39 is 0 Å². The van der Waals surface area contributed by atoms with Crippen molar-refractivity contribution in [2.75, 3.05) is 19.7 Å². The molecule has 4 rings (SSSR count). The van der Waals surface area contributed by atoms with Crippen LogP contribution in [0.3, 0.4) is 0 Å². The molecule has 0 saturated carbocycles. The summed E-state index contributed by atoms with van der Waals surface area (Å²) in [6.45, 7) is 2.22. The van der Waals surface area contributed by atoms with Gasteiger partial charge < -0.3 is 14.6 Å². The standard InChI is InChI=1S/C20H23FN2O2/c21-15-3-5-17-18(13-22-19(17)12-15)14-7-9-23(10-8-14)20(24)6-4-16-2-1-11-25-16/h3,5,7,12-13,16,22H,1-2,4,6,8-11H2. The summed E-state index contributed by atoms with van der Waals surface area (Å²) in [5, 5.41) is 1.03. The van der Waals surface area contributed by atoms with Crippen LogP contribution in [-0.2, 0) is 9.53 Å². The van der Waals surface area contributed by atoms with Gasteiger partial charge >= 0.3 is 0 Å². The third kappa shape index (κ3) is 3.47. The van der Waals surface area contributed by atoms with E-state index in [4.69, 9.17) is 4.74 Å². The van der Waals surface area contributed by atoms with Crippen LogP contribution >= 0.6 is 0 Å². The SMILES string of the molecule is O=C(CCC1CCCO1)N1CC=C(c2c[nH]c3cc(F)ccc23)CC1. The molecular formula is C20H23FN2O2. The molecular weight excluding hydrogens is 319 g/mol. The summed E-state index contributed by atoms with van der Waals surface area (Å²) in [5.41, 5.74) is 3.15. The number of aromatic nitrogens is 1. The Labute approximate surface area is 146 Å². The van der Waals surface area contributed by atoms with Crippen molar-refractivity contribution in [1.29, 1.82) is 0 Å². The molecule has 2 aromatic rings. The first-order chi connectivity index (χ1) is 12.2. The third-order valence-corrected chi connectivity index (χ3v) is 5.26. The summed E-state index contributed by atoms with van der Waals surface area (Å²) in [7, 11) is 0. The Bertz CT molecular complexity index is 805. The van der Waals surface area contributed by atoms with E-state index in [0.717, 1.165) is 55.3 Å². The Hall–Kier alpha value is -2.14. The number of amides is 1. The molecule has 1 saturated heterocycles. The zero-order chi connectivity index (χ0) is 17.2. The van der Waals surface area contributed by atoms with Crippen LogP contribution in [0, 0.1) is 5.82 Å². The van der Waals surface area contributed by atoms with Crippen molar-refractivity contribution in [3.63, 3.8) is 0 Å². The maximum Gasteiger partial charge on any atom is 0.222 e. The lowest BCUT2D eigenvalue weighted by atomic mass is 9.98. The molecule has 2 aliphatic heterocycles. The van der Waals surface area contributed by atoms with E-state index >= 15 is 0 Å². The summed E-state index contributed by atoms with van der Waals surface area (Å²) >= 11 is 0. The number of fused-ring (bicyclic) bond motifs is 1. The first kappa shape index (κ1) is 16.3. The lowest BCUT2D eigenvalue weighted by Gasteiger charge is -2.27. The van der Waals surface area contributed by atoms with Crippen LogP contribution in [0.4, 0.5) is 4.39 Å². The van der Waals surface area contributed by atoms with Crippen molar-refractivity contribution in [2.24, 2.45) is 0 Å². The van der Waals surface area contributed by atoms with E-state index in [1.807, 2.05) is 17.2 Å². The number of nitrogens with one attached hydrogen (secondary N) is 1. The first-order valence-corrected chi connectivity index (χ1v) is 9.06. The second kappa shape index (κ2) is 7.00. The Kier molecular flexibility index (Phi) is 4.57. The van der Waals surface area contributed by atoms with Gasteiger partial charge in [0.1, 0.15) is 5.82 Å². The number of ether oxygens (including phenoxy) is 1. The molecule has 5 heteroatoms. The van der Waals surface area contributed by atoms with Crippen LogP contribution in [-0.4, -0.2) is 41.6 Å². The summed E-state index contributed by atoms with van der Waals surface area (Å²) in [6, 6.07) is 4.82. The fourth-order valence-electron chi connectivity index (χ4n) is 3.82. The fourth-order valence-corrected chi connectivity index (χ4v) is 3.82. The number of H-pyrrole nitrogens is 1.